The van der Waals surface area contributed by atoms with Gasteiger partial charge in [-0.3, -0.25) is 0 Å². The summed E-state index contributed by atoms with van der Waals surface area (Å²) < 4.78 is 1.39. The van der Waals surface area contributed by atoms with Gasteiger partial charge < -0.3 is 0 Å². The monoisotopic (exact) mass is 340 g/mol. The summed E-state index contributed by atoms with van der Waals surface area (Å²) in [6.07, 6.45) is 0. The molecule has 1 fully saturated rings. The van der Waals surface area contributed by atoms with Crippen molar-refractivity contribution in [1.29, 1.82) is 0 Å². The second kappa shape index (κ2) is 2.95. The molecule has 1 saturated heterocycles. The summed E-state index contributed by atoms with van der Waals surface area (Å²) in [6, 6.07) is 0. The van der Waals surface area contributed by atoms with Crippen LogP contribution < -0.4 is 5.32 Å². The van der Waals surface area contributed by atoms with E-state index in [0.717, 1.165) is 11.7 Å². The molecule has 0 aromatic carbocycles. The minimum absolute atomic E-state index is 0.0857. The van der Waals surface area contributed by atoms with Crippen LogP contribution in [0.1, 0.15) is 20.8 Å². The van der Waals surface area contributed by atoms with Gasteiger partial charge in [0, 0.05) is 0 Å². The molecule has 1 N–H and O–H groups in total. The zero-order chi connectivity index (χ0) is 8.65. The van der Waals surface area contributed by atoms with Gasteiger partial charge in [0.1, 0.15) is 0 Å². The van der Waals surface area contributed by atoms with Crippen molar-refractivity contribution >= 4 is 21.4 Å². The average Bonchev–Trinajstić information content (AvgIpc) is 2.04. The molecule has 0 radical (unpaired) electrons. The number of nitrogens with one attached hydrogen (secondary N) is 1. The van der Waals surface area contributed by atoms with Crippen LogP contribution in [-0.4, -0.2) is 26.1 Å². The summed E-state index contributed by atoms with van der Waals surface area (Å²) in [4.78, 5) is 2.17. The van der Waals surface area contributed by atoms with Gasteiger partial charge in [0.05, 0.1) is 0 Å². The first-order valence-corrected chi connectivity index (χ1v) is 5.50. The summed E-state index contributed by atoms with van der Waals surface area (Å²) in [5.74, 6) is 0. The van der Waals surface area contributed by atoms with Gasteiger partial charge >= 0.3 is 83.8 Å². The average molecular weight is 340 g/mol. The number of hydrogen-bond acceptors (Lipinski definition) is 1. The molecule has 62 valence electrons. The molecule has 0 bridgehead atoms. The Bertz CT molecular complexity index is 212. The molecule has 0 aromatic rings. The zero-order valence-corrected chi connectivity index (χ0v) is 10.7. The van der Waals surface area contributed by atoms with Crippen LogP contribution in [0, 0.1) is 0 Å². The number of nitrogens with zero attached hydrogens (tertiary/aromatic N) is 1. The third-order valence-electron chi connectivity index (χ3n) is 1.76. The van der Waals surface area contributed by atoms with E-state index >= 15 is 0 Å². The second-order valence-electron chi connectivity index (χ2n) is 3.10. The van der Waals surface area contributed by atoms with Gasteiger partial charge in [-0.25, -0.2) is 0 Å². The van der Waals surface area contributed by atoms with Gasteiger partial charge in [0.15, 0.2) is 0 Å². The molecular formula is C7H12N2SW. The van der Waals surface area contributed by atoms with Crippen LogP contribution in [0.15, 0.2) is 0 Å². The molecule has 0 spiro atoms. The first-order valence-electron chi connectivity index (χ1n) is 3.63. The third kappa shape index (κ3) is 1.54. The number of likely N-dealkylation sites (N-methyl/N-ethyl adjacent to an activating group) is 1. The SMILES string of the molecule is CCN1C(=S)NC(C)(C)[C]1=[W]. The number of hydrogen-bond donors (Lipinski definition) is 1. The van der Waals surface area contributed by atoms with Crippen LogP contribution in [0.5, 0.6) is 0 Å². The van der Waals surface area contributed by atoms with Crippen LogP contribution in [0.2, 0.25) is 0 Å². The fourth-order valence-electron chi connectivity index (χ4n) is 1.11. The molecular weight excluding hydrogens is 328 g/mol. The van der Waals surface area contributed by atoms with Crippen molar-refractivity contribution < 1.29 is 19.4 Å². The van der Waals surface area contributed by atoms with E-state index in [-0.39, 0.29) is 5.54 Å². The molecule has 11 heavy (non-hydrogen) atoms. The Balaban J connectivity index is 2.88. The van der Waals surface area contributed by atoms with Crippen molar-refractivity contribution in [3.8, 4) is 0 Å². The Morgan fingerprint density at radius 1 is 1.64 bits per heavy atom. The van der Waals surface area contributed by atoms with E-state index in [9.17, 15) is 0 Å². The van der Waals surface area contributed by atoms with Crippen LogP contribution in [0.4, 0.5) is 0 Å². The van der Waals surface area contributed by atoms with Gasteiger partial charge in [-0.15, -0.1) is 0 Å². The summed E-state index contributed by atoms with van der Waals surface area (Å²) in [6.45, 7) is 7.43. The Hall–Kier alpha value is 0.248. The molecule has 0 amide bonds. The van der Waals surface area contributed by atoms with Gasteiger partial charge in [0.2, 0.25) is 0 Å². The summed E-state index contributed by atoms with van der Waals surface area (Å²) >= 11 is 6.67. The van der Waals surface area contributed by atoms with E-state index < -0.39 is 0 Å². The normalized spacial score (nSPS) is 22.3. The standard InChI is InChI=1S/C7H12N2S.W/c1-4-9-5-7(2,3)8-6(9)10;/h4H2,1-3H3,(H,8,10);. The molecule has 0 saturated carbocycles. The Morgan fingerprint density at radius 3 is 2.36 bits per heavy atom. The van der Waals surface area contributed by atoms with Crippen molar-refractivity contribution in [2.45, 2.75) is 26.3 Å². The predicted molar refractivity (Wildman–Crippen MR) is 47.2 cm³/mol. The van der Waals surface area contributed by atoms with Crippen molar-refractivity contribution in [3.05, 3.63) is 0 Å². The molecule has 0 aliphatic carbocycles. The maximum atomic E-state index is 5.17. The quantitative estimate of drug-likeness (QED) is 0.706. The van der Waals surface area contributed by atoms with Gasteiger partial charge in [-0.05, 0) is 0 Å². The maximum absolute atomic E-state index is 5.17. The Morgan fingerprint density at radius 2 is 2.18 bits per heavy atom. The van der Waals surface area contributed by atoms with E-state index in [1.54, 1.807) is 0 Å². The summed E-state index contributed by atoms with van der Waals surface area (Å²) in [7, 11) is 0. The fourth-order valence-corrected chi connectivity index (χ4v) is 2.79. The number of rotatable bonds is 1. The second-order valence-corrected chi connectivity index (χ2v) is 4.88. The van der Waals surface area contributed by atoms with Crippen LogP contribution >= 0.6 is 12.2 Å². The molecule has 1 rings (SSSR count). The Kier molecular flexibility index (Phi) is 2.50. The molecule has 1 aliphatic heterocycles. The number of thiocarbonyl (C=S) groups is 1. The molecule has 0 aromatic heterocycles. The van der Waals surface area contributed by atoms with Crippen LogP contribution in [-0.2, 0) is 19.4 Å². The predicted octanol–water partition coefficient (Wildman–Crippen LogP) is 0.652. The third-order valence-corrected chi connectivity index (χ3v) is 4.71. The Labute approximate surface area is 83.7 Å². The van der Waals surface area contributed by atoms with Gasteiger partial charge in [0.25, 0.3) is 0 Å². The van der Waals surface area contributed by atoms with Crippen molar-refractivity contribution in [2.75, 3.05) is 6.54 Å². The van der Waals surface area contributed by atoms with Gasteiger partial charge in [-0.1, -0.05) is 0 Å². The first-order chi connectivity index (χ1) is 4.99. The molecule has 1 heterocycles. The van der Waals surface area contributed by atoms with Crippen molar-refractivity contribution in [3.63, 3.8) is 0 Å². The topological polar surface area (TPSA) is 15.3 Å². The van der Waals surface area contributed by atoms with Gasteiger partial charge in [-0.2, -0.15) is 0 Å². The van der Waals surface area contributed by atoms with Crippen LogP contribution in [0.25, 0.3) is 0 Å². The molecule has 2 nitrogen and oxygen atoms in total. The zero-order valence-electron chi connectivity index (χ0n) is 6.97. The minimum atomic E-state index is 0.0857. The van der Waals surface area contributed by atoms with E-state index in [1.807, 2.05) is 0 Å². The molecule has 0 atom stereocenters. The van der Waals surface area contributed by atoms with Crippen molar-refractivity contribution in [1.82, 2.24) is 10.2 Å². The van der Waals surface area contributed by atoms with E-state index in [0.29, 0.717) is 0 Å². The van der Waals surface area contributed by atoms with E-state index in [4.69, 9.17) is 12.2 Å². The molecule has 0 unspecified atom stereocenters. The molecule has 1 aliphatic rings. The molecule has 4 heteroatoms. The van der Waals surface area contributed by atoms with Crippen molar-refractivity contribution in [2.24, 2.45) is 0 Å². The van der Waals surface area contributed by atoms with E-state index in [1.165, 1.54) is 23.4 Å². The van der Waals surface area contributed by atoms with Crippen LogP contribution in [0.3, 0.4) is 0 Å². The fraction of sp³-hybridized carbons (Fsp3) is 0.714. The summed E-state index contributed by atoms with van der Waals surface area (Å²) in [5, 5.41) is 4.16. The summed E-state index contributed by atoms with van der Waals surface area (Å²) in [5.41, 5.74) is 0.0857. The van der Waals surface area contributed by atoms with E-state index in [2.05, 4.69) is 31.0 Å². The first kappa shape index (κ1) is 9.34.